The fraction of sp³-hybridized carbons (Fsp3) is 0.737. The van der Waals surface area contributed by atoms with Gasteiger partial charge in [-0.05, 0) is 38.0 Å². The van der Waals surface area contributed by atoms with Crippen molar-refractivity contribution in [2.75, 3.05) is 0 Å². The first-order chi connectivity index (χ1) is 11.5. The van der Waals surface area contributed by atoms with Crippen molar-refractivity contribution in [2.45, 2.75) is 77.2 Å². The van der Waals surface area contributed by atoms with Gasteiger partial charge in [0.25, 0.3) is 0 Å². The van der Waals surface area contributed by atoms with Gasteiger partial charge in [0.15, 0.2) is 0 Å². The topological polar surface area (TPSA) is 91.7 Å². The number of carbonyl (C=O) groups excluding carboxylic acids is 2. The number of carbonyl (C=O) groups is 3. The Morgan fingerprint density at radius 1 is 1.17 bits per heavy atom. The maximum atomic E-state index is 12.0. The van der Waals surface area contributed by atoms with E-state index in [1.165, 1.54) is 0 Å². The van der Waals surface area contributed by atoms with Crippen LogP contribution < -0.4 is 0 Å². The van der Waals surface area contributed by atoms with Gasteiger partial charge in [-0.15, -0.1) is 0 Å². The molecule has 1 saturated carbocycles. The second-order valence-corrected chi connectivity index (χ2v) is 6.64. The smallest absolute Gasteiger partial charge is 0.303 e. The molecule has 1 rings (SSSR count). The first-order valence-corrected chi connectivity index (χ1v) is 9.05. The molecule has 1 fully saturated rings. The zero-order valence-corrected chi connectivity index (χ0v) is 14.6. The monoisotopic (exact) mass is 338 g/mol. The summed E-state index contributed by atoms with van der Waals surface area (Å²) in [6.07, 6.45) is 9.40. The third kappa shape index (κ3) is 7.39. The summed E-state index contributed by atoms with van der Waals surface area (Å²) in [6, 6.07) is 0. The number of ketones is 2. The molecule has 3 atom stereocenters. The van der Waals surface area contributed by atoms with Gasteiger partial charge < -0.3 is 10.2 Å². The van der Waals surface area contributed by atoms with Gasteiger partial charge in [-0.2, -0.15) is 0 Å². The summed E-state index contributed by atoms with van der Waals surface area (Å²) in [7, 11) is 0. The normalized spacial score (nSPS) is 23.9. The number of hydrogen-bond acceptors (Lipinski definition) is 4. The average molecular weight is 338 g/mol. The minimum atomic E-state index is -0.753. The Kier molecular flexibility index (Phi) is 9.53. The molecule has 2 N–H and O–H groups in total. The third-order valence-corrected chi connectivity index (χ3v) is 4.80. The average Bonchev–Trinajstić information content (AvgIpc) is 2.80. The van der Waals surface area contributed by atoms with Crippen molar-refractivity contribution >= 4 is 17.5 Å². The zero-order chi connectivity index (χ0) is 17.9. The fourth-order valence-electron chi connectivity index (χ4n) is 3.30. The van der Waals surface area contributed by atoms with Gasteiger partial charge in [0.1, 0.15) is 11.6 Å². The summed E-state index contributed by atoms with van der Waals surface area (Å²) in [5, 5.41) is 18.6. The summed E-state index contributed by atoms with van der Waals surface area (Å²) in [5.74, 6) is -0.752. The molecule has 0 spiro atoms. The largest absolute Gasteiger partial charge is 0.481 e. The zero-order valence-electron chi connectivity index (χ0n) is 14.6. The molecule has 5 nitrogen and oxygen atoms in total. The first-order valence-electron chi connectivity index (χ1n) is 9.05. The molecular weight excluding hydrogens is 308 g/mol. The Morgan fingerprint density at radius 3 is 2.58 bits per heavy atom. The molecule has 1 aliphatic rings. The van der Waals surface area contributed by atoms with E-state index in [-0.39, 0.29) is 36.2 Å². The number of unbranched alkanes of at least 4 members (excludes halogenated alkanes) is 3. The maximum absolute atomic E-state index is 12.0. The van der Waals surface area contributed by atoms with Gasteiger partial charge in [0, 0.05) is 31.6 Å². The van der Waals surface area contributed by atoms with Gasteiger partial charge in [-0.1, -0.05) is 25.5 Å². The number of rotatable bonds is 12. The third-order valence-electron chi connectivity index (χ3n) is 4.80. The molecule has 136 valence electrons. The predicted octanol–water partition coefficient (Wildman–Crippen LogP) is 3.29. The molecule has 0 aromatic carbocycles. The molecule has 0 saturated heterocycles. The molecule has 5 heteroatoms. The summed E-state index contributed by atoms with van der Waals surface area (Å²) in [5.41, 5.74) is 0. The van der Waals surface area contributed by atoms with Crippen LogP contribution in [0.3, 0.4) is 0 Å². The van der Waals surface area contributed by atoms with Crippen LogP contribution in [0.4, 0.5) is 0 Å². The van der Waals surface area contributed by atoms with Crippen molar-refractivity contribution in [1.82, 2.24) is 0 Å². The van der Waals surface area contributed by atoms with E-state index in [2.05, 4.69) is 0 Å². The highest BCUT2D eigenvalue weighted by Crippen LogP contribution is 2.35. The lowest BCUT2D eigenvalue weighted by molar-refractivity contribution is -0.137. The molecule has 0 aromatic rings. The van der Waals surface area contributed by atoms with E-state index in [9.17, 15) is 19.5 Å². The highest BCUT2D eigenvalue weighted by molar-refractivity contribution is 5.84. The van der Waals surface area contributed by atoms with Crippen LogP contribution >= 0.6 is 0 Å². The standard InChI is InChI=1S/C19H30O5/c1-2-14(20)11-12-16-15(17(21)13-18(16)22)9-7-5-3-4-6-8-10-19(23)24/h5,7,15-16,18,22H,2-4,6,8-13H2,1H3,(H,23,24)/b7-5-/t15?,16-,18-/m1/s1. The number of aliphatic hydroxyl groups excluding tert-OH is 1. The quantitative estimate of drug-likeness (QED) is 0.421. The first kappa shape index (κ1) is 20.6. The van der Waals surface area contributed by atoms with Gasteiger partial charge in [-0.25, -0.2) is 0 Å². The van der Waals surface area contributed by atoms with E-state index in [1.54, 1.807) is 0 Å². The van der Waals surface area contributed by atoms with Gasteiger partial charge in [-0.3, -0.25) is 14.4 Å². The highest BCUT2D eigenvalue weighted by atomic mass is 16.4. The van der Waals surface area contributed by atoms with Crippen LogP contribution in [-0.2, 0) is 14.4 Å². The summed E-state index contributed by atoms with van der Waals surface area (Å²) in [4.78, 5) is 33.9. The van der Waals surface area contributed by atoms with Crippen LogP contribution in [0.1, 0.15) is 71.1 Å². The fourth-order valence-corrected chi connectivity index (χ4v) is 3.30. The number of aliphatic hydroxyl groups is 1. The van der Waals surface area contributed by atoms with Crippen molar-refractivity contribution in [3.8, 4) is 0 Å². The summed E-state index contributed by atoms with van der Waals surface area (Å²) in [6.45, 7) is 1.83. The Labute approximate surface area is 144 Å². The number of Topliss-reactive ketones (excluding diaryl/α,β-unsaturated/α-hetero) is 2. The Bertz CT molecular complexity index is 455. The second kappa shape index (κ2) is 11.1. The lowest BCUT2D eigenvalue weighted by Crippen LogP contribution is -2.21. The molecule has 24 heavy (non-hydrogen) atoms. The van der Waals surface area contributed by atoms with E-state index in [4.69, 9.17) is 5.11 Å². The minimum absolute atomic E-state index is 0.0996. The van der Waals surface area contributed by atoms with Crippen LogP contribution in [0.2, 0.25) is 0 Å². The minimum Gasteiger partial charge on any atom is -0.481 e. The number of carboxylic acid groups (broad SMARTS) is 1. The van der Waals surface area contributed by atoms with Gasteiger partial charge in [0.05, 0.1) is 6.10 Å². The van der Waals surface area contributed by atoms with E-state index in [1.807, 2.05) is 19.1 Å². The molecule has 1 unspecified atom stereocenters. The van der Waals surface area contributed by atoms with Gasteiger partial charge in [0.2, 0.25) is 0 Å². The van der Waals surface area contributed by atoms with Crippen molar-refractivity contribution in [3.05, 3.63) is 12.2 Å². The van der Waals surface area contributed by atoms with Crippen molar-refractivity contribution in [1.29, 1.82) is 0 Å². The van der Waals surface area contributed by atoms with Crippen LogP contribution in [0, 0.1) is 11.8 Å². The number of carboxylic acids is 1. The number of allylic oxidation sites excluding steroid dienone is 2. The molecule has 0 aliphatic heterocycles. The van der Waals surface area contributed by atoms with Gasteiger partial charge >= 0.3 is 5.97 Å². The lowest BCUT2D eigenvalue weighted by atomic mass is 9.86. The highest BCUT2D eigenvalue weighted by Gasteiger charge is 2.40. The van der Waals surface area contributed by atoms with Crippen LogP contribution in [0.15, 0.2) is 12.2 Å². The molecule has 0 bridgehead atoms. The molecular formula is C19H30O5. The van der Waals surface area contributed by atoms with Crippen molar-refractivity contribution in [3.63, 3.8) is 0 Å². The molecule has 0 aromatic heterocycles. The molecule has 1 aliphatic carbocycles. The van der Waals surface area contributed by atoms with Crippen molar-refractivity contribution < 1.29 is 24.6 Å². The molecule has 0 heterocycles. The van der Waals surface area contributed by atoms with E-state index >= 15 is 0 Å². The maximum Gasteiger partial charge on any atom is 0.303 e. The molecule has 0 radical (unpaired) electrons. The lowest BCUT2D eigenvalue weighted by Gasteiger charge is -2.19. The summed E-state index contributed by atoms with van der Waals surface area (Å²) >= 11 is 0. The molecule has 0 amide bonds. The number of aliphatic carboxylic acids is 1. The Hall–Kier alpha value is -1.49. The van der Waals surface area contributed by atoms with E-state index in [0.29, 0.717) is 32.1 Å². The number of hydrogen-bond donors (Lipinski definition) is 2. The van der Waals surface area contributed by atoms with Crippen molar-refractivity contribution in [2.24, 2.45) is 11.8 Å². The predicted molar refractivity (Wildman–Crippen MR) is 91.6 cm³/mol. The Morgan fingerprint density at radius 2 is 1.92 bits per heavy atom. The summed E-state index contributed by atoms with van der Waals surface area (Å²) < 4.78 is 0. The van der Waals surface area contributed by atoms with Crippen LogP contribution in [-0.4, -0.2) is 33.9 Å². The van der Waals surface area contributed by atoms with Crippen LogP contribution in [0.25, 0.3) is 0 Å². The van der Waals surface area contributed by atoms with E-state index in [0.717, 1.165) is 19.3 Å². The van der Waals surface area contributed by atoms with Crippen LogP contribution in [0.5, 0.6) is 0 Å². The Balaban J connectivity index is 2.32. The van der Waals surface area contributed by atoms with E-state index < -0.39 is 12.1 Å². The SMILES string of the molecule is CCC(=O)CC[C@@H]1C(C/C=C\CCCCCC(=O)O)C(=O)C[C@H]1O. The second-order valence-electron chi connectivity index (χ2n) is 6.64.